The number of halogens is 3. The summed E-state index contributed by atoms with van der Waals surface area (Å²) in [5.41, 5.74) is -0.938. The van der Waals surface area contributed by atoms with Crippen LogP contribution in [0.15, 0.2) is 16.6 Å². The molecular weight excluding hydrogens is 310 g/mol. The summed E-state index contributed by atoms with van der Waals surface area (Å²) in [6.45, 7) is 2.29. The third-order valence-electron chi connectivity index (χ3n) is 3.08. The Morgan fingerprint density at radius 1 is 1.59 bits per heavy atom. The quantitative estimate of drug-likeness (QED) is 0.800. The third-order valence-corrected chi connectivity index (χ3v) is 4.34. The van der Waals surface area contributed by atoms with Crippen molar-refractivity contribution in [2.45, 2.75) is 31.5 Å². The van der Waals surface area contributed by atoms with Gasteiger partial charge in [0.1, 0.15) is 5.82 Å². The molecule has 17 heavy (non-hydrogen) atoms. The normalized spacial score (nSPS) is 29.4. The lowest BCUT2D eigenvalue weighted by Crippen LogP contribution is -2.38. The molecule has 1 aliphatic rings. The Morgan fingerprint density at radius 2 is 2.29 bits per heavy atom. The molecule has 0 saturated carbocycles. The molecule has 2 atom stereocenters. The summed E-state index contributed by atoms with van der Waals surface area (Å²) in [6.07, 6.45) is 0.671. The summed E-state index contributed by atoms with van der Waals surface area (Å²) in [7, 11) is 0. The Bertz CT molecular complexity index is 441. The van der Waals surface area contributed by atoms with Crippen molar-refractivity contribution in [3.63, 3.8) is 0 Å². The first-order chi connectivity index (χ1) is 7.94. The van der Waals surface area contributed by atoms with Gasteiger partial charge in [-0.1, -0.05) is 17.7 Å². The topological polar surface area (TPSA) is 29.5 Å². The summed E-state index contributed by atoms with van der Waals surface area (Å²) < 4.78 is 19.9. The van der Waals surface area contributed by atoms with Crippen molar-refractivity contribution in [2.24, 2.45) is 0 Å². The van der Waals surface area contributed by atoms with Gasteiger partial charge in [0.2, 0.25) is 0 Å². The molecule has 0 spiro atoms. The zero-order chi connectivity index (χ0) is 12.6. The minimum atomic E-state index is -1.19. The Hall–Kier alpha value is -0.160. The van der Waals surface area contributed by atoms with Crippen molar-refractivity contribution in [3.05, 3.63) is 33.0 Å². The average Bonchev–Trinajstić information content (AvgIpc) is 2.25. The Morgan fingerprint density at radius 3 is 2.94 bits per heavy atom. The molecule has 2 rings (SSSR count). The molecule has 0 aliphatic carbocycles. The van der Waals surface area contributed by atoms with Crippen LogP contribution in [0.1, 0.15) is 25.3 Å². The van der Waals surface area contributed by atoms with Gasteiger partial charge in [0.25, 0.3) is 0 Å². The van der Waals surface area contributed by atoms with Crippen molar-refractivity contribution in [3.8, 4) is 0 Å². The minimum absolute atomic E-state index is 0.00932. The summed E-state index contributed by atoms with van der Waals surface area (Å²) in [5.74, 6) is -0.558. The molecule has 2 unspecified atom stereocenters. The zero-order valence-corrected chi connectivity index (χ0v) is 11.7. The van der Waals surface area contributed by atoms with E-state index in [9.17, 15) is 9.50 Å². The SMILES string of the molecule is CC1CC(O)(c2ccc(Br)c(Cl)c2F)CCO1. The van der Waals surface area contributed by atoms with Crippen LogP contribution in [0.25, 0.3) is 0 Å². The lowest BCUT2D eigenvalue weighted by molar-refractivity contribution is -0.103. The van der Waals surface area contributed by atoms with Gasteiger partial charge in [0.05, 0.1) is 23.3 Å². The van der Waals surface area contributed by atoms with Gasteiger partial charge in [0.15, 0.2) is 0 Å². The van der Waals surface area contributed by atoms with Crippen LogP contribution in [0.4, 0.5) is 4.39 Å². The van der Waals surface area contributed by atoms with E-state index >= 15 is 0 Å². The fourth-order valence-electron chi connectivity index (χ4n) is 2.20. The van der Waals surface area contributed by atoms with E-state index in [0.29, 0.717) is 23.9 Å². The summed E-state index contributed by atoms with van der Waals surface area (Å²) in [5, 5.41) is 10.5. The lowest BCUT2D eigenvalue weighted by Gasteiger charge is -2.36. The molecule has 2 nitrogen and oxygen atoms in total. The molecule has 1 aliphatic heterocycles. The summed E-state index contributed by atoms with van der Waals surface area (Å²) in [4.78, 5) is 0. The highest BCUT2D eigenvalue weighted by atomic mass is 79.9. The molecule has 0 bridgehead atoms. The smallest absolute Gasteiger partial charge is 0.149 e. The van der Waals surface area contributed by atoms with Crippen LogP contribution in [-0.2, 0) is 10.3 Å². The predicted octanol–water partition coefficient (Wildman–Crippen LogP) is 3.63. The molecule has 1 aromatic rings. The van der Waals surface area contributed by atoms with Crippen LogP contribution in [0.2, 0.25) is 5.02 Å². The van der Waals surface area contributed by atoms with Crippen molar-refractivity contribution < 1.29 is 14.2 Å². The molecule has 1 heterocycles. The van der Waals surface area contributed by atoms with Gasteiger partial charge in [-0.25, -0.2) is 4.39 Å². The maximum Gasteiger partial charge on any atom is 0.149 e. The zero-order valence-electron chi connectivity index (χ0n) is 9.34. The van der Waals surface area contributed by atoms with Crippen molar-refractivity contribution in [1.29, 1.82) is 0 Å². The van der Waals surface area contributed by atoms with E-state index in [-0.39, 0.29) is 16.7 Å². The number of ether oxygens (including phenoxy) is 1. The number of aliphatic hydroxyl groups is 1. The maximum absolute atomic E-state index is 14.1. The standard InChI is InChI=1S/C12H13BrClFO2/c1-7-6-12(16,4-5-17-7)8-2-3-9(13)10(14)11(8)15/h2-3,7,16H,4-6H2,1H3. The Kier molecular flexibility index (Phi) is 3.78. The Labute approximate surface area is 113 Å². The number of rotatable bonds is 1. The van der Waals surface area contributed by atoms with E-state index in [4.69, 9.17) is 16.3 Å². The number of hydrogen-bond acceptors (Lipinski definition) is 2. The van der Waals surface area contributed by atoms with Crippen molar-refractivity contribution in [1.82, 2.24) is 0 Å². The van der Waals surface area contributed by atoms with Crippen LogP contribution < -0.4 is 0 Å². The Balaban J connectivity index is 2.42. The first-order valence-electron chi connectivity index (χ1n) is 5.42. The van der Waals surface area contributed by atoms with Crippen LogP contribution in [0.3, 0.4) is 0 Å². The first-order valence-corrected chi connectivity index (χ1v) is 6.59. The molecular formula is C12H13BrClFO2. The average molecular weight is 324 g/mol. The second-order valence-corrected chi connectivity index (χ2v) is 5.62. The fraction of sp³-hybridized carbons (Fsp3) is 0.500. The van der Waals surface area contributed by atoms with E-state index in [1.54, 1.807) is 12.1 Å². The molecule has 94 valence electrons. The largest absolute Gasteiger partial charge is 0.385 e. The van der Waals surface area contributed by atoms with Crippen LogP contribution in [0, 0.1) is 5.82 Å². The van der Waals surface area contributed by atoms with Gasteiger partial charge in [-0.2, -0.15) is 0 Å². The maximum atomic E-state index is 14.1. The lowest BCUT2D eigenvalue weighted by atomic mass is 9.84. The summed E-state index contributed by atoms with van der Waals surface area (Å²) in [6, 6.07) is 3.22. The van der Waals surface area contributed by atoms with Crippen LogP contribution in [0.5, 0.6) is 0 Å². The molecule has 5 heteroatoms. The molecule has 1 fully saturated rings. The predicted molar refractivity (Wildman–Crippen MR) is 67.7 cm³/mol. The van der Waals surface area contributed by atoms with Gasteiger partial charge in [-0.3, -0.25) is 0 Å². The second kappa shape index (κ2) is 4.84. The van der Waals surface area contributed by atoms with Crippen LogP contribution >= 0.6 is 27.5 Å². The number of hydrogen-bond donors (Lipinski definition) is 1. The van der Waals surface area contributed by atoms with Gasteiger partial charge in [-0.15, -0.1) is 0 Å². The van der Waals surface area contributed by atoms with E-state index in [0.717, 1.165) is 0 Å². The highest BCUT2D eigenvalue weighted by molar-refractivity contribution is 9.10. The van der Waals surface area contributed by atoms with E-state index in [1.165, 1.54) is 0 Å². The molecule has 1 N–H and O–H groups in total. The van der Waals surface area contributed by atoms with E-state index < -0.39 is 11.4 Å². The first kappa shape index (κ1) is 13.3. The van der Waals surface area contributed by atoms with Gasteiger partial charge < -0.3 is 9.84 Å². The van der Waals surface area contributed by atoms with E-state index in [2.05, 4.69) is 15.9 Å². The van der Waals surface area contributed by atoms with Crippen molar-refractivity contribution in [2.75, 3.05) is 6.61 Å². The molecule has 0 amide bonds. The van der Waals surface area contributed by atoms with Gasteiger partial charge >= 0.3 is 0 Å². The third kappa shape index (κ3) is 2.50. The van der Waals surface area contributed by atoms with Gasteiger partial charge in [0, 0.05) is 22.9 Å². The molecule has 1 aromatic carbocycles. The monoisotopic (exact) mass is 322 g/mol. The minimum Gasteiger partial charge on any atom is -0.385 e. The second-order valence-electron chi connectivity index (χ2n) is 4.39. The van der Waals surface area contributed by atoms with Crippen molar-refractivity contribution >= 4 is 27.5 Å². The van der Waals surface area contributed by atoms with Crippen LogP contribution in [-0.4, -0.2) is 17.8 Å². The fourth-order valence-corrected chi connectivity index (χ4v) is 2.67. The van der Waals surface area contributed by atoms with E-state index in [1.807, 2.05) is 6.92 Å². The van der Waals surface area contributed by atoms with Gasteiger partial charge in [-0.05, 0) is 28.9 Å². The molecule has 0 radical (unpaired) electrons. The molecule has 1 saturated heterocycles. The molecule has 0 aromatic heterocycles. The highest BCUT2D eigenvalue weighted by Gasteiger charge is 2.37. The number of benzene rings is 1. The summed E-state index contributed by atoms with van der Waals surface area (Å²) >= 11 is 8.99. The highest BCUT2D eigenvalue weighted by Crippen LogP contribution is 2.39.